The lowest BCUT2D eigenvalue weighted by Crippen LogP contribution is -2.04. The van der Waals surface area contributed by atoms with Crippen molar-refractivity contribution in [1.29, 1.82) is 0 Å². The zero-order chi connectivity index (χ0) is 13.5. The fourth-order valence-electron chi connectivity index (χ4n) is 2.24. The van der Waals surface area contributed by atoms with E-state index in [4.69, 9.17) is 4.74 Å². The van der Waals surface area contributed by atoms with E-state index in [1.165, 1.54) is 12.1 Å². The summed E-state index contributed by atoms with van der Waals surface area (Å²) < 4.78 is 43.4. The van der Waals surface area contributed by atoms with Crippen molar-refractivity contribution in [3.05, 3.63) is 53.6 Å². The molecule has 0 saturated carbocycles. The lowest BCUT2D eigenvalue weighted by Gasteiger charge is -2.09. The average Bonchev–Trinajstić information content (AvgIpc) is 2.85. The summed E-state index contributed by atoms with van der Waals surface area (Å²) >= 11 is 0. The van der Waals surface area contributed by atoms with Crippen LogP contribution in [0.3, 0.4) is 0 Å². The topological polar surface area (TPSA) is 9.23 Å². The maximum absolute atomic E-state index is 12.7. The number of benzene rings is 2. The Kier molecular flexibility index (Phi) is 2.73. The highest BCUT2D eigenvalue weighted by Gasteiger charge is 2.30. The van der Waals surface area contributed by atoms with Crippen molar-refractivity contribution in [3.8, 4) is 16.9 Å². The van der Waals surface area contributed by atoms with Crippen LogP contribution in [-0.2, 0) is 12.6 Å². The lowest BCUT2D eigenvalue weighted by atomic mass is 10.00. The third-order valence-electron chi connectivity index (χ3n) is 3.21. The van der Waals surface area contributed by atoms with Crippen LogP contribution in [0.5, 0.6) is 5.75 Å². The number of rotatable bonds is 1. The maximum atomic E-state index is 12.7. The molecule has 4 heteroatoms. The Morgan fingerprint density at radius 1 is 0.947 bits per heavy atom. The second kappa shape index (κ2) is 4.30. The van der Waals surface area contributed by atoms with Gasteiger partial charge >= 0.3 is 6.18 Å². The summed E-state index contributed by atoms with van der Waals surface area (Å²) in [5.41, 5.74) is 1.79. The standard InChI is InChI=1S/C15H11F3O/c16-15(17,18)13-3-1-2-10(9-13)11-4-5-14-12(8-11)6-7-19-14/h1-5,8-9H,6-7H2. The Labute approximate surface area is 108 Å². The van der Waals surface area contributed by atoms with Crippen LogP contribution >= 0.6 is 0 Å². The Bertz CT molecular complexity index is 617. The number of hydrogen-bond acceptors (Lipinski definition) is 1. The summed E-state index contributed by atoms with van der Waals surface area (Å²) in [6.07, 6.45) is -3.50. The molecular formula is C15H11F3O. The van der Waals surface area contributed by atoms with Crippen LogP contribution in [0.25, 0.3) is 11.1 Å². The molecule has 0 atom stereocenters. The van der Waals surface area contributed by atoms with Crippen LogP contribution in [-0.4, -0.2) is 6.61 Å². The Morgan fingerprint density at radius 2 is 1.74 bits per heavy atom. The number of hydrogen-bond donors (Lipinski definition) is 0. The van der Waals surface area contributed by atoms with E-state index >= 15 is 0 Å². The molecule has 1 aliphatic heterocycles. The first-order chi connectivity index (χ1) is 9.04. The van der Waals surface area contributed by atoms with Crippen molar-refractivity contribution in [2.45, 2.75) is 12.6 Å². The first-order valence-corrected chi connectivity index (χ1v) is 5.97. The highest BCUT2D eigenvalue weighted by molar-refractivity contribution is 5.67. The van der Waals surface area contributed by atoms with Crippen LogP contribution in [0.15, 0.2) is 42.5 Å². The van der Waals surface area contributed by atoms with Crippen molar-refractivity contribution in [3.63, 3.8) is 0 Å². The van der Waals surface area contributed by atoms with E-state index in [0.717, 1.165) is 29.4 Å². The molecule has 19 heavy (non-hydrogen) atoms. The second-order valence-corrected chi connectivity index (χ2v) is 4.50. The van der Waals surface area contributed by atoms with Crippen LogP contribution in [0.2, 0.25) is 0 Å². The highest BCUT2D eigenvalue weighted by atomic mass is 19.4. The van der Waals surface area contributed by atoms with Crippen molar-refractivity contribution in [2.24, 2.45) is 0 Å². The molecular weight excluding hydrogens is 253 g/mol. The van der Waals surface area contributed by atoms with E-state index in [-0.39, 0.29) is 0 Å². The predicted molar refractivity (Wildman–Crippen MR) is 66.1 cm³/mol. The molecule has 0 bridgehead atoms. The molecule has 0 fully saturated rings. The molecule has 1 nitrogen and oxygen atoms in total. The van der Waals surface area contributed by atoms with Gasteiger partial charge in [0.15, 0.2) is 0 Å². The van der Waals surface area contributed by atoms with E-state index in [0.29, 0.717) is 12.2 Å². The highest BCUT2D eigenvalue weighted by Crippen LogP contribution is 2.34. The predicted octanol–water partition coefficient (Wildman–Crippen LogP) is 4.31. The minimum absolute atomic E-state index is 0.574. The zero-order valence-corrected chi connectivity index (χ0v) is 10.00. The molecule has 0 saturated heterocycles. The van der Waals surface area contributed by atoms with Gasteiger partial charge in [-0.1, -0.05) is 18.2 Å². The maximum Gasteiger partial charge on any atom is 0.416 e. The van der Waals surface area contributed by atoms with Gasteiger partial charge in [-0.2, -0.15) is 13.2 Å². The molecule has 0 spiro atoms. The summed E-state index contributed by atoms with van der Waals surface area (Å²) in [7, 11) is 0. The van der Waals surface area contributed by atoms with Crippen LogP contribution < -0.4 is 4.74 Å². The van der Waals surface area contributed by atoms with Crippen molar-refractivity contribution in [1.82, 2.24) is 0 Å². The molecule has 3 rings (SSSR count). The van der Waals surface area contributed by atoms with Gasteiger partial charge in [0, 0.05) is 6.42 Å². The molecule has 0 aromatic heterocycles. The number of ether oxygens (including phenoxy) is 1. The molecule has 0 radical (unpaired) electrons. The van der Waals surface area contributed by atoms with Crippen molar-refractivity contribution in [2.75, 3.05) is 6.61 Å². The number of alkyl halides is 3. The molecule has 2 aromatic carbocycles. The SMILES string of the molecule is FC(F)(F)c1cccc(-c2ccc3c(c2)CCO3)c1. The molecule has 0 unspecified atom stereocenters. The van der Waals surface area contributed by atoms with Gasteiger partial charge in [-0.15, -0.1) is 0 Å². The molecule has 0 amide bonds. The van der Waals surface area contributed by atoms with Gasteiger partial charge < -0.3 is 4.74 Å². The third kappa shape index (κ3) is 2.30. The quantitative estimate of drug-likeness (QED) is 0.745. The van der Waals surface area contributed by atoms with Gasteiger partial charge in [0.25, 0.3) is 0 Å². The Hall–Kier alpha value is -1.97. The van der Waals surface area contributed by atoms with Gasteiger partial charge in [0.05, 0.1) is 12.2 Å². The van der Waals surface area contributed by atoms with Gasteiger partial charge in [-0.25, -0.2) is 0 Å². The molecule has 1 heterocycles. The van der Waals surface area contributed by atoms with Crippen LogP contribution in [0.4, 0.5) is 13.2 Å². The Morgan fingerprint density at radius 3 is 2.53 bits per heavy atom. The second-order valence-electron chi connectivity index (χ2n) is 4.50. The fraction of sp³-hybridized carbons (Fsp3) is 0.200. The van der Waals surface area contributed by atoms with Gasteiger partial charge in [-0.05, 0) is 41.0 Å². The Balaban J connectivity index is 2.03. The smallest absolute Gasteiger partial charge is 0.416 e. The zero-order valence-electron chi connectivity index (χ0n) is 10.00. The van der Waals surface area contributed by atoms with Gasteiger partial charge in [0.2, 0.25) is 0 Å². The van der Waals surface area contributed by atoms with E-state index in [2.05, 4.69) is 0 Å². The number of halogens is 3. The van der Waals surface area contributed by atoms with E-state index in [1.54, 1.807) is 12.1 Å². The summed E-state index contributed by atoms with van der Waals surface area (Å²) in [6.45, 7) is 0.640. The number of fused-ring (bicyclic) bond motifs is 1. The van der Waals surface area contributed by atoms with E-state index in [1.807, 2.05) is 12.1 Å². The minimum Gasteiger partial charge on any atom is -0.493 e. The molecule has 98 valence electrons. The normalized spacial score (nSPS) is 14.1. The summed E-state index contributed by atoms with van der Waals surface area (Å²) in [6, 6.07) is 10.9. The molecule has 2 aromatic rings. The summed E-state index contributed by atoms with van der Waals surface area (Å²) in [5, 5.41) is 0. The van der Waals surface area contributed by atoms with Crippen molar-refractivity contribution >= 4 is 0 Å². The molecule has 0 N–H and O–H groups in total. The fourth-order valence-corrected chi connectivity index (χ4v) is 2.24. The largest absolute Gasteiger partial charge is 0.493 e. The first kappa shape index (κ1) is 12.1. The van der Waals surface area contributed by atoms with E-state index < -0.39 is 11.7 Å². The van der Waals surface area contributed by atoms with Gasteiger partial charge in [0.1, 0.15) is 5.75 Å². The van der Waals surface area contributed by atoms with Crippen LogP contribution in [0.1, 0.15) is 11.1 Å². The van der Waals surface area contributed by atoms with Gasteiger partial charge in [-0.3, -0.25) is 0 Å². The summed E-state index contributed by atoms with van der Waals surface area (Å²) in [4.78, 5) is 0. The first-order valence-electron chi connectivity index (χ1n) is 5.97. The lowest BCUT2D eigenvalue weighted by molar-refractivity contribution is -0.137. The summed E-state index contributed by atoms with van der Waals surface area (Å²) in [5.74, 6) is 0.829. The van der Waals surface area contributed by atoms with E-state index in [9.17, 15) is 13.2 Å². The monoisotopic (exact) mass is 264 g/mol. The molecule has 0 aliphatic carbocycles. The molecule has 1 aliphatic rings. The minimum atomic E-state index is -4.31. The third-order valence-corrected chi connectivity index (χ3v) is 3.21. The van der Waals surface area contributed by atoms with Crippen molar-refractivity contribution < 1.29 is 17.9 Å². The van der Waals surface area contributed by atoms with Crippen LogP contribution in [0, 0.1) is 0 Å². The average molecular weight is 264 g/mol.